The largest absolute Gasteiger partial charge is 0.478 e. The van der Waals surface area contributed by atoms with Crippen LogP contribution < -0.4 is 5.56 Å². The Bertz CT molecular complexity index is 575. The molecule has 2 rings (SSSR count). The summed E-state index contributed by atoms with van der Waals surface area (Å²) in [5, 5.41) is 8.82. The van der Waals surface area contributed by atoms with E-state index in [9.17, 15) is 9.59 Å². The van der Waals surface area contributed by atoms with Crippen molar-refractivity contribution in [2.24, 2.45) is 0 Å². The number of nitrogens with zero attached hydrogens (tertiary/aromatic N) is 1. The van der Waals surface area contributed by atoms with E-state index in [2.05, 4.69) is 9.97 Å². The lowest BCUT2D eigenvalue weighted by molar-refractivity contribution is 0.0696. The summed E-state index contributed by atoms with van der Waals surface area (Å²) in [6.45, 7) is 0. The van der Waals surface area contributed by atoms with Gasteiger partial charge in [-0.1, -0.05) is 0 Å². The maximum absolute atomic E-state index is 11.3. The van der Waals surface area contributed by atoms with E-state index in [-0.39, 0.29) is 5.56 Å². The number of carbonyl (C=O) groups is 1. The van der Waals surface area contributed by atoms with Crippen LogP contribution in [0.5, 0.6) is 0 Å². The van der Waals surface area contributed by atoms with Gasteiger partial charge in [0, 0.05) is 29.7 Å². The molecule has 5 nitrogen and oxygen atoms in total. The van der Waals surface area contributed by atoms with Crippen molar-refractivity contribution in [3.8, 4) is 11.3 Å². The van der Waals surface area contributed by atoms with Gasteiger partial charge in [-0.3, -0.25) is 9.78 Å². The van der Waals surface area contributed by atoms with Crippen molar-refractivity contribution in [1.82, 2.24) is 9.97 Å². The molecular formula is C11H8N2O3. The van der Waals surface area contributed by atoms with Crippen LogP contribution in [-0.4, -0.2) is 21.0 Å². The fraction of sp³-hybridized carbons (Fsp3) is 0. The molecule has 0 aliphatic rings. The predicted octanol–water partition coefficient (Wildman–Crippen LogP) is 1.14. The van der Waals surface area contributed by atoms with Gasteiger partial charge < -0.3 is 10.1 Å². The zero-order valence-electron chi connectivity index (χ0n) is 8.18. The van der Waals surface area contributed by atoms with E-state index in [4.69, 9.17) is 5.11 Å². The highest BCUT2D eigenvalue weighted by atomic mass is 16.4. The van der Waals surface area contributed by atoms with Crippen LogP contribution in [0.4, 0.5) is 0 Å². The number of pyridine rings is 2. The third kappa shape index (κ3) is 1.98. The topological polar surface area (TPSA) is 83.0 Å². The minimum absolute atomic E-state index is 0.0319. The molecule has 0 spiro atoms. The van der Waals surface area contributed by atoms with Crippen LogP contribution in [0, 0.1) is 0 Å². The number of carboxylic acids is 1. The van der Waals surface area contributed by atoms with Gasteiger partial charge in [0.25, 0.3) is 0 Å². The Morgan fingerprint density at radius 3 is 2.56 bits per heavy atom. The molecule has 2 heterocycles. The second kappa shape index (κ2) is 3.98. The molecule has 5 heteroatoms. The van der Waals surface area contributed by atoms with E-state index in [1.807, 2.05) is 0 Å². The van der Waals surface area contributed by atoms with Crippen LogP contribution in [0.15, 0.2) is 41.5 Å². The fourth-order valence-electron chi connectivity index (χ4n) is 1.35. The zero-order chi connectivity index (χ0) is 11.5. The first-order valence-corrected chi connectivity index (χ1v) is 4.55. The van der Waals surface area contributed by atoms with Crippen LogP contribution in [0.25, 0.3) is 11.3 Å². The second-order valence-electron chi connectivity index (χ2n) is 3.19. The molecule has 0 aromatic carbocycles. The molecule has 0 radical (unpaired) electrons. The number of aromatic nitrogens is 2. The molecule has 2 aromatic rings. The van der Waals surface area contributed by atoms with Gasteiger partial charge in [-0.2, -0.15) is 0 Å². The number of aromatic carboxylic acids is 1. The first-order valence-electron chi connectivity index (χ1n) is 4.55. The molecule has 0 amide bonds. The van der Waals surface area contributed by atoms with Gasteiger partial charge in [0.2, 0.25) is 5.56 Å². The van der Waals surface area contributed by atoms with Crippen LogP contribution in [-0.2, 0) is 0 Å². The molecule has 0 saturated carbocycles. The number of hydrogen-bond acceptors (Lipinski definition) is 3. The summed E-state index contributed by atoms with van der Waals surface area (Å²) >= 11 is 0. The Kier molecular flexibility index (Phi) is 2.51. The van der Waals surface area contributed by atoms with E-state index in [1.54, 1.807) is 24.5 Å². The van der Waals surface area contributed by atoms with Gasteiger partial charge in [0.05, 0.1) is 5.56 Å². The van der Waals surface area contributed by atoms with E-state index < -0.39 is 11.5 Å². The molecule has 0 saturated heterocycles. The van der Waals surface area contributed by atoms with Gasteiger partial charge in [-0.25, -0.2) is 4.79 Å². The minimum atomic E-state index is -1.12. The van der Waals surface area contributed by atoms with Gasteiger partial charge in [0.15, 0.2) is 0 Å². The number of hydrogen-bond donors (Lipinski definition) is 2. The predicted molar refractivity (Wildman–Crippen MR) is 57.3 cm³/mol. The van der Waals surface area contributed by atoms with E-state index >= 15 is 0 Å². The van der Waals surface area contributed by atoms with Gasteiger partial charge >= 0.3 is 5.97 Å². The highest BCUT2D eigenvalue weighted by Gasteiger charge is 2.06. The summed E-state index contributed by atoms with van der Waals surface area (Å²) in [6, 6.07) is 5.85. The average molecular weight is 216 g/mol. The van der Waals surface area contributed by atoms with Crippen molar-refractivity contribution < 1.29 is 9.90 Å². The van der Waals surface area contributed by atoms with Crippen molar-refractivity contribution in [2.45, 2.75) is 0 Å². The van der Waals surface area contributed by atoms with Crippen molar-refractivity contribution in [1.29, 1.82) is 0 Å². The van der Waals surface area contributed by atoms with Crippen molar-refractivity contribution in [3.05, 3.63) is 52.6 Å². The fourth-order valence-corrected chi connectivity index (χ4v) is 1.35. The molecule has 0 atom stereocenters. The monoisotopic (exact) mass is 216 g/mol. The van der Waals surface area contributed by atoms with E-state index in [0.717, 1.165) is 11.6 Å². The summed E-state index contributed by atoms with van der Waals surface area (Å²) in [7, 11) is 0. The van der Waals surface area contributed by atoms with Crippen LogP contribution in [0.1, 0.15) is 10.4 Å². The molecule has 80 valence electrons. The molecule has 16 heavy (non-hydrogen) atoms. The van der Waals surface area contributed by atoms with Gasteiger partial charge in [-0.15, -0.1) is 0 Å². The molecule has 0 aliphatic carbocycles. The molecule has 0 aliphatic heterocycles. The lowest BCUT2D eigenvalue weighted by atomic mass is 10.1. The Balaban J connectivity index is 2.58. The summed E-state index contributed by atoms with van der Waals surface area (Å²) < 4.78 is 0. The first kappa shape index (κ1) is 10.1. The van der Waals surface area contributed by atoms with Crippen molar-refractivity contribution >= 4 is 5.97 Å². The smallest absolute Gasteiger partial charge is 0.335 e. The highest BCUT2D eigenvalue weighted by Crippen LogP contribution is 2.14. The van der Waals surface area contributed by atoms with Gasteiger partial charge in [0.1, 0.15) is 0 Å². The Morgan fingerprint density at radius 1 is 1.25 bits per heavy atom. The van der Waals surface area contributed by atoms with E-state index in [1.165, 1.54) is 6.07 Å². The van der Waals surface area contributed by atoms with Gasteiger partial charge in [-0.05, 0) is 18.2 Å². The highest BCUT2D eigenvalue weighted by molar-refractivity contribution is 5.88. The van der Waals surface area contributed by atoms with E-state index in [0.29, 0.717) is 5.69 Å². The summed E-state index contributed by atoms with van der Waals surface area (Å²) in [5.41, 5.74) is 0.713. The van der Waals surface area contributed by atoms with Crippen molar-refractivity contribution in [3.63, 3.8) is 0 Å². The molecule has 2 N–H and O–H groups in total. The Labute approximate surface area is 90.4 Å². The van der Waals surface area contributed by atoms with Crippen molar-refractivity contribution in [2.75, 3.05) is 0 Å². The summed E-state index contributed by atoms with van der Waals surface area (Å²) in [6.07, 6.45) is 3.14. The lowest BCUT2D eigenvalue weighted by Crippen LogP contribution is -2.10. The number of rotatable bonds is 2. The third-order valence-electron chi connectivity index (χ3n) is 2.08. The Morgan fingerprint density at radius 2 is 1.94 bits per heavy atom. The summed E-state index contributed by atoms with van der Waals surface area (Å²) in [5.74, 6) is -1.12. The second-order valence-corrected chi connectivity index (χ2v) is 3.19. The lowest BCUT2D eigenvalue weighted by Gasteiger charge is -2.01. The molecule has 0 unspecified atom stereocenters. The average Bonchev–Trinajstić information content (AvgIpc) is 2.29. The molecule has 0 fully saturated rings. The zero-order valence-corrected chi connectivity index (χ0v) is 8.18. The standard InChI is InChI=1S/C11H8N2O3/c14-10-6-8(11(15)16)5-9(13-10)7-1-3-12-4-2-7/h1-6H,(H,13,14)(H,15,16). The first-order chi connectivity index (χ1) is 7.66. The third-order valence-corrected chi connectivity index (χ3v) is 2.08. The van der Waals surface area contributed by atoms with Crippen LogP contribution in [0.3, 0.4) is 0 Å². The maximum atomic E-state index is 11.3. The van der Waals surface area contributed by atoms with Crippen LogP contribution >= 0.6 is 0 Å². The number of aromatic amines is 1. The Hall–Kier alpha value is -2.43. The maximum Gasteiger partial charge on any atom is 0.335 e. The minimum Gasteiger partial charge on any atom is -0.478 e. The number of carboxylic acid groups (broad SMARTS) is 1. The number of H-pyrrole nitrogens is 1. The molecular weight excluding hydrogens is 208 g/mol. The summed E-state index contributed by atoms with van der Waals surface area (Å²) in [4.78, 5) is 28.4. The number of nitrogens with one attached hydrogen (secondary N) is 1. The SMILES string of the molecule is O=C(O)c1cc(-c2ccncc2)[nH]c(=O)c1. The van der Waals surface area contributed by atoms with Crippen LogP contribution in [0.2, 0.25) is 0 Å². The normalized spacial score (nSPS) is 10.0. The quantitative estimate of drug-likeness (QED) is 0.788. The molecule has 2 aromatic heterocycles. The molecule has 0 bridgehead atoms.